The molecule has 0 atom stereocenters. The first-order valence-electron chi connectivity index (χ1n) is 4.46. The van der Waals surface area contributed by atoms with E-state index in [1.807, 2.05) is 0 Å². The Hall–Kier alpha value is -1.36. The van der Waals surface area contributed by atoms with Crippen LogP contribution in [0.4, 0.5) is 0 Å². The molecule has 5 heteroatoms. The maximum atomic E-state index is 11.0. The molecule has 0 radical (unpaired) electrons. The summed E-state index contributed by atoms with van der Waals surface area (Å²) in [5.74, 6) is 0.0907. The smallest absolute Gasteiger partial charge is 0.306 e. The molecule has 2 aromatic rings. The third-order valence-electron chi connectivity index (χ3n) is 2.12. The highest BCUT2D eigenvalue weighted by atomic mass is 79.9. The molecule has 15 heavy (non-hydrogen) atoms. The van der Waals surface area contributed by atoms with Crippen LogP contribution < -0.4 is 5.69 Å². The fraction of sp³-hybridized carbons (Fsp3) is 0.200. The average Bonchev–Trinajstić information content (AvgIpc) is 2.44. The molecule has 0 bridgehead atoms. The molecule has 0 spiro atoms. The minimum atomic E-state index is -0.239. The van der Waals surface area contributed by atoms with E-state index >= 15 is 0 Å². The van der Waals surface area contributed by atoms with Crippen LogP contribution in [0.5, 0.6) is 0 Å². The molecule has 1 aromatic heterocycles. The third-order valence-corrected chi connectivity index (χ3v) is 2.86. The molecule has 2 N–H and O–H groups in total. The fourth-order valence-corrected chi connectivity index (χ4v) is 1.99. The molecular weight excluding hydrogens is 260 g/mol. The predicted molar refractivity (Wildman–Crippen MR) is 61.0 cm³/mol. The van der Waals surface area contributed by atoms with Crippen LogP contribution in [0.15, 0.2) is 21.4 Å². The zero-order valence-electron chi connectivity index (χ0n) is 8.06. The standard InChI is InChI=1S/C10H9BrN2O2/c1-5(14)2-6-3-8-9(4-7(6)11)13-10(15)12-8/h3-4H,2H2,1H3,(H2,12,13,15). The summed E-state index contributed by atoms with van der Waals surface area (Å²) >= 11 is 3.37. The fourth-order valence-electron chi connectivity index (χ4n) is 1.50. The highest BCUT2D eigenvalue weighted by Crippen LogP contribution is 2.22. The molecule has 0 unspecified atom stereocenters. The van der Waals surface area contributed by atoms with Gasteiger partial charge < -0.3 is 9.97 Å². The number of benzene rings is 1. The Bertz CT molecular complexity index is 583. The zero-order chi connectivity index (χ0) is 11.0. The van der Waals surface area contributed by atoms with Gasteiger partial charge in [-0.15, -0.1) is 0 Å². The van der Waals surface area contributed by atoms with Crippen LogP contribution in [-0.2, 0) is 11.2 Å². The van der Waals surface area contributed by atoms with Gasteiger partial charge in [0.15, 0.2) is 0 Å². The number of H-pyrrole nitrogens is 2. The number of aromatic nitrogens is 2. The van der Waals surface area contributed by atoms with Gasteiger partial charge in [0.25, 0.3) is 0 Å². The van der Waals surface area contributed by atoms with E-state index < -0.39 is 0 Å². The maximum absolute atomic E-state index is 11.0. The van der Waals surface area contributed by atoms with Crippen molar-refractivity contribution in [3.05, 3.63) is 32.7 Å². The molecule has 0 aliphatic rings. The second-order valence-electron chi connectivity index (χ2n) is 3.45. The third kappa shape index (κ3) is 2.02. The Morgan fingerprint density at radius 2 is 1.93 bits per heavy atom. The van der Waals surface area contributed by atoms with Crippen molar-refractivity contribution in [2.45, 2.75) is 13.3 Å². The Kier molecular flexibility index (Phi) is 2.48. The van der Waals surface area contributed by atoms with Gasteiger partial charge >= 0.3 is 5.69 Å². The van der Waals surface area contributed by atoms with E-state index in [4.69, 9.17) is 0 Å². The second-order valence-corrected chi connectivity index (χ2v) is 4.30. The number of rotatable bonds is 2. The van der Waals surface area contributed by atoms with Gasteiger partial charge in [-0.05, 0) is 24.6 Å². The lowest BCUT2D eigenvalue weighted by atomic mass is 10.1. The quantitative estimate of drug-likeness (QED) is 0.872. The van der Waals surface area contributed by atoms with Crippen molar-refractivity contribution in [1.29, 1.82) is 0 Å². The van der Waals surface area contributed by atoms with Crippen molar-refractivity contribution >= 4 is 32.7 Å². The van der Waals surface area contributed by atoms with Crippen LogP contribution >= 0.6 is 15.9 Å². The molecule has 78 valence electrons. The van der Waals surface area contributed by atoms with Gasteiger partial charge in [-0.3, -0.25) is 4.79 Å². The van der Waals surface area contributed by atoms with Crippen molar-refractivity contribution in [3.63, 3.8) is 0 Å². The topological polar surface area (TPSA) is 65.7 Å². The first kappa shape index (κ1) is 10.2. The van der Waals surface area contributed by atoms with Crippen molar-refractivity contribution in [3.8, 4) is 0 Å². The summed E-state index contributed by atoms with van der Waals surface area (Å²) in [6, 6.07) is 3.60. The number of ketones is 1. The van der Waals surface area contributed by atoms with E-state index in [1.165, 1.54) is 6.92 Å². The van der Waals surface area contributed by atoms with Gasteiger partial charge in [-0.1, -0.05) is 15.9 Å². The number of aromatic amines is 2. The number of imidazole rings is 1. The Labute approximate surface area is 93.8 Å². The number of carbonyl (C=O) groups is 1. The van der Waals surface area contributed by atoms with Crippen molar-refractivity contribution < 1.29 is 4.79 Å². The second kappa shape index (κ2) is 3.66. The van der Waals surface area contributed by atoms with Gasteiger partial charge in [0, 0.05) is 10.9 Å². The average molecular weight is 269 g/mol. The maximum Gasteiger partial charge on any atom is 0.323 e. The molecule has 2 rings (SSSR count). The lowest BCUT2D eigenvalue weighted by Crippen LogP contribution is -1.99. The summed E-state index contributed by atoms with van der Waals surface area (Å²) in [5, 5.41) is 0. The van der Waals surface area contributed by atoms with E-state index in [0.29, 0.717) is 6.42 Å². The van der Waals surface area contributed by atoms with Crippen LogP contribution in [-0.4, -0.2) is 15.8 Å². The minimum Gasteiger partial charge on any atom is -0.306 e. The van der Waals surface area contributed by atoms with Gasteiger partial charge in [-0.2, -0.15) is 0 Å². The SMILES string of the molecule is CC(=O)Cc1cc2[nH]c(=O)[nH]c2cc1Br. The van der Waals surface area contributed by atoms with Gasteiger partial charge in [0.2, 0.25) is 0 Å². The van der Waals surface area contributed by atoms with Crippen LogP contribution in [0.2, 0.25) is 0 Å². The lowest BCUT2D eigenvalue weighted by molar-refractivity contribution is -0.116. The normalized spacial score (nSPS) is 10.8. The van der Waals surface area contributed by atoms with Gasteiger partial charge in [-0.25, -0.2) is 4.79 Å². The summed E-state index contributed by atoms with van der Waals surface area (Å²) in [6.07, 6.45) is 0.365. The molecule has 1 aromatic carbocycles. The number of nitrogens with one attached hydrogen (secondary N) is 2. The van der Waals surface area contributed by atoms with Gasteiger partial charge in [0.1, 0.15) is 5.78 Å². The van der Waals surface area contributed by atoms with E-state index in [9.17, 15) is 9.59 Å². The first-order valence-corrected chi connectivity index (χ1v) is 5.25. The number of carbonyl (C=O) groups excluding carboxylic acids is 1. The number of halogens is 1. The van der Waals surface area contributed by atoms with Crippen molar-refractivity contribution in [2.75, 3.05) is 0 Å². The molecule has 0 amide bonds. The first-order chi connectivity index (χ1) is 7.06. The van der Waals surface area contributed by atoms with Gasteiger partial charge in [0.05, 0.1) is 11.0 Å². The number of hydrogen-bond acceptors (Lipinski definition) is 2. The lowest BCUT2D eigenvalue weighted by Gasteiger charge is -2.01. The Morgan fingerprint density at radius 1 is 1.33 bits per heavy atom. The van der Waals surface area contributed by atoms with Crippen molar-refractivity contribution in [2.24, 2.45) is 0 Å². The highest BCUT2D eigenvalue weighted by molar-refractivity contribution is 9.10. The molecule has 0 saturated carbocycles. The molecular formula is C10H9BrN2O2. The Balaban J connectivity index is 2.60. The summed E-state index contributed by atoms with van der Waals surface area (Å²) in [4.78, 5) is 27.4. The largest absolute Gasteiger partial charge is 0.323 e. The Morgan fingerprint density at radius 3 is 2.53 bits per heavy atom. The number of fused-ring (bicyclic) bond motifs is 1. The molecule has 0 aliphatic carbocycles. The molecule has 0 fully saturated rings. The zero-order valence-corrected chi connectivity index (χ0v) is 9.64. The van der Waals surface area contributed by atoms with Crippen LogP contribution in [0.1, 0.15) is 12.5 Å². The summed E-state index contributed by atoms with van der Waals surface area (Å²) in [6.45, 7) is 1.54. The summed E-state index contributed by atoms with van der Waals surface area (Å²) < 4.78 is 0.834. The van der Waals surface area contributed by atoms with E-state index in [-0.39, 0.29) is 11.5 Å². The van der Waals surface area contributed by atoms with E-state index in [2.05, 4.69) is 25.9 Å². The summed E-state index contributed by atoms with van der Waals surface area (Å²) in [5.41, 5.74) is 2.10. The number of hydrogen-bond donors (Lipinski definition) is 2. The van der Waals surface area contributed by atoms with E-state index in [1.54, 1.807) is 12.1 Å². The molecule has 1 heterocycles. The predicted octanol–water partition coefficient (Wildman–Crippen LogP) is 1.75. The van der Waals surface area contributed by atoms with Crippen LogP contribution in [0.3, 0.4) is 0 Å². The van der Waals surface area contributed by atoms with Crippen LogP contribution in [0.25, 0.3) is 11.0 Å². The highest BCUT2D eigenvalue weighted by Gasteiger charge is 2.06. The van der Waals surface area contributed by atoms with Crippen molar-refractivity contribution in [1.82, 2.24) is 9.97 Å². The number of Topliss-reactive ketones (excluding diaryl/α,β-unsaturated/α-hetero) is 1. The minimum absolute atomic E-state index is 0.0907. The monoisotopic (exact) mass is 268 g/mol. The molecule has 0 saturated heterocycles. The summed E-state index contributed by atoms with van der Waals surface area (Å²) in [7, 11) is 0. The molecule has 4 nitrogen and oxygen atoms in total. The van der Waals surface area contributed by atoms with Crippen LogP contribution in [0, 0.1) is 0 Å². The molecule has 0 aliphatic heterocycles. The van der Waals surface area contributed by atoms with E-state index in [0.717, 1.165) is 21.1 Å².